The number of nitrogens with one attached hydrogen (secondary N) is 2. The van der Waals surface area contributed by atoms with Gasteiger partial charge in [-0.2, -0.15) is 0 Å². The van der Waals surface area contributed by atoms with Crippen molar-refractivity contribution in [3.63, 3.8) is 0 Å². The number of rotatable bonds is 2. The third-order valence-corrected chi connectivity index (χ3v) is 1.92. The highest BCUT2D eigenvalue weighted by molar-refractivity contribution is 4.70. The summed E-state index contributed by atoms with van der Waals surface area (Å²) >= 11 is 0. The van der Waals surface area contributed by atoms with Crippen molar-refractivity contribution in [3.05, 3.63) is 0 Å². The van der Waals surface area contributed by atoms with Gasteiger partial charge in [-0.05, 0) is 25.2 Å². The molecule has 0 amide bonds. The Balaban J connectivity index is 2.13. The smallest absolute Gasteiger partial charge is 0.0215 e. The molecule has 60 valence electrons. The zero-order valence-electron chi connectivity index (χ0n) is 6.98. The van der Waals surface area contributed by atoms with Gasteiger partial charge in [-0.3, -0.25) is 10.9 Å². The average Bonchev–Trinajstić information content (AvgIpc) is 1.88. The van der Waals surface area contributed by atoms with Gasteiger partial charge in [0.1, 0.15) is 0 Å². The first-order valence-electron chi connectivity index (χ1n) is 4.27. The van der Waals surface area contributed by atoms with Crippen LogP contribution in [0.2, 0.25) is 0 Å². The lowest BCUT2D eigenvalue weighted by molar-refractivity contribution is 0.303. The maximum atomic E-state index is 3.30. The van der Waals surface area contributed by atoms with E-state index in [1.165, 1.54) is 19.3 Å². The quantitative estimate of drug-likeness (QED) is 0.607. The van der Waals surface area contributed by atoms with Crippen molar-refractivity contribution in [2.75, 3.05) is 6.54 Å². The predicted octanol–water partition coefficient (Wildman–Crippen LogP) is 1.29. The Morgan fingerprint density at radius 2 is 2.30 bits per heavy atom. The summed E-state index contributed by atoms with van der Waals surface area (Å²) in [6.07, 6.45) is 3.96. The molecule has 1 fully saturated rings. The minimum Gasteiger partial charge on any atom is -0.258 e. The van der Waals surface area contributed by atoms with Gasteiger partial charge in [0.05, 0.1) is 0 Å². The molecule has 0 spiro atoms. The summed E-state index contributed by atoms with van der Waals surface area (Å²) in [6, 6.07) is 0.716. The van der Waals surface area contributed by atoms with Gasteiger partial charge in [-0.25, -0.2) is 0 Å². The van der Waals surface area contributed by atoms with E-state index < -0.39 is 0 Å². The molecule has 1 rings (SSSR count). The highest BCUT2D eigenvalue weighted by Crippen LogP contribution is 2.10. The largest absolute Gasteiger partial charge is 0.258 e. The molecule has 1 heterocycles. The molecular formula is C8H18N2. The SMILES string of the molecule is CC(C)CC1CCCNN1. The lowest BCUT2D eigenvalue weighted by Gasteiger charge is -2.25. The van der Waals surface area contributed by atoms with Crippen LogP contribution in [0.1, 0.15) is 33.1 Å². The van der Waals surface area contributed by atoms with Gasteiger partial charge in [0.25, 0.3) is 0 Å². The van der Waals surface area contributed by atoms with Gasteiger partial charge in [-0.1, -0.05) is 13.8 Å². The Kier molecular flexibility index (Phi) is 3.16. The topological polar surface area (TPSA) is 24.1 Å². The third kappa shape index (κ3) is 2.67. The summed E-state index contributed by atoms with van der Waals surface area (Å²) in [7, 11) is 0. The van der Waals surface area contributed by atoms with Crippen LogP contribution in [-0.4, -0.2) is 12.6 Å². The van der Waals surface area contributed by atoms with Crippen LogP contribution in [0, 0.1) is 5.92 Å². The van der Waals surface area contributed by atoms with Crippen LogP contribution >= 0.6 is 0 Å². The molecule has 0 aromatic rings. The van der Waals surface area contributed by atoms with E-state index in [9.17, 15) is 0 Å². The van der Waals surface area contributed by atoms with Gasteiger partial charge < -0.3 is 0 Å². The minimum absolute atomic E-state index is 0.716. The second kappa shape index (κ2) is 3.94. The summed E-state index contributed by atoms with van der Waals surface area (Å²) in [6.45, 7) is 5.68. The Hall–Kier alpha value is -0.0800. The normalized spacial score (nSPS) is 27.3. The van der Waals surface area contributed by atoms with Crippen LogP contribution in [-0.2, 0) is 0 Å². The average molecular weight is 142 g/mol. The van der Waals surface area contributed by atoms with Crippen molar-refractivity contribution >= 4 is 0 Å². The standard InChI is InChI=1S/C8H18N2/c1-7(2)6-8-4-3-5-9-10-8/h7-10H,3-6H2,1-2H3. The first-order chi connectivity index (χ1) is 4.79. The molecule has 2 nitrogen and oxygen atoms in total. The molecule has 2 heteroatoms. The van der Waals surface area contributed by atoms with Crippen molar-refractivity contribution in [3.8, 4) is 0 Å². The Morgan fingerprint density at radius 3 is 2.80 bits per heavy atom. The van der Waals surface area contributed by atoms with E-state index in [0.717, 1.165) is 12.5 Å². The van der Waals surface area contributed by atoms with E-state index in [4.69, 9.17) is 0 Å². The maximum absolute atomic E-state index is 3.30. The van der Waals surface area contributed by atoms with E-state index >= 15 is 0 Å². The lowest BCUT2D eigenvalue weighted by atomic mass is 9.99. The van der Waals surface area contributed by atoms with Gasteiger partial charge in [0.2, 0.25) is 0 Å². The van der Waals surface area contributed by atoms with Crippen molar-refractivity contribution in [2.45, 2.75) is 39.2 Å². The van der Waals surface area contributed by atoms with Gasteiger partial charge >= 0.3 is 0 Å². The molecular weight excluding hydrogens is 124 g/mol. The molecule has 2 N–H and O–H groups in total. The molecule has 1 unspecified atom stereocenters. The fourth-order valence-electron chi connectivity index (χ4n) is 1.47. The van der Waals surface area contributed by atoms with Gasteiger partial charge in [0.15, 0.2) is 0 Å². The monoisotopic (exact) mass is 142 g/mol. The van der Waals surface area contributed by atoms with Crippen LogP contribution < -0.4 is 10.9 Å². The van der Waals surface area contributed by atoms with Crippen molar-refractivity contribution in [1.29, 1.82) is 0 Å². The molecule has 0 bridgehead atoms. The van der Waals surface area contributed by atoms with Crippen LogP contribution in [0.4, 0.5) is 0 Å². The van der Waals surface area contributed by atoms with Crippen LogP contribution in [0.15, 0.2) is 0 Å². The first kappa shape index (κ1) is 8.02. The summed E-state index contributed by atoms with van der Waals surface area (Å²) < 4.78 is 0. The summed E-state index contributed by atoms with van der Waals surface area (Å²) in [5.41, 5.74) is 6.49. The molecule has 10 heavy (non-hydrogen) atoms. The van der Waals surface area contributed by atoms with E-state index in [-0.39, 0.29) is 0 Å². The molecule has 1 aliphatic rings. The fourth-order valence-corrected chi connectivity index (χ4v) is 1.47. The van der Waals surface area contributed by atoms with Crippen LogP contribution in [0.5, 0.6) is 0 Å². The maximum Gasteiger partial charge on any atom is 0.0215 e. The second-order valence-corrected chi connectivity index (χ2v) is 3.54. The molecule has 0 aromatic carbocycles. The lowest BCUT2D eigenvalue weighted by Crippen LogP contribution is -2.46. The summed E-state index contributed by atoms with van der Waals surface area (Å²) in [5, 5.41) is 0. The number of hydrogen-bond acceptors (Lipinski definition) is 2. The molecule has 1 aliphatic heterocycles. The minimum atomic E-state index is 0.716. The molecule has 0 aliphatic carbocycles. The van der Waals surface area contributed by atoms with Gasteiger partial charge in [0, 0.05) is 12.6 Å². The molecule has 1 saturated heterocycles. The Bertz CT molecular complexity index is 85.3. The molecule has 0 aromatic heterocycles. The van der Waals surface area contributed by atoms with E-state index in [0.29, 0.717) is 6.04 Å². The van der Waals surface area contributed by atoms with E-state index in [1.54, 1.807) is 0 Å². The Morgan fingerprint density at radius 1 is 1.50 bits per heavy atom. The van der Waals surface area contributed by atoms with E-state index in [2.05, 4.69) is 24.7 Å². The zero-order valence-corrected chi connectivity index (χ0v) is 6.98. The van der Waals surface area contributed by atoms with Gasteiger partial charge in [-0.15, -0.1) is 0 Å². The second-order valence-electron chi connectivity index (χ2n) is 3.54. The summed E-state index contributed by atoms with van der Waals surface area (Å²) in [5.74, 6) is 0.817. The van der Waals surface area contributed by atoms with Crippen molar-refractivity contribution < 1.29 is 0 Å². The highest BCUT2D eigenvalue weighted by Gasteiger charge is 2.12. The van der Waals surface area contributed by atoms with Crippen molar-refractivity contribution in [1.82, 2.24) is 10.9 Å². The Labute approximate surface area is 63.4 Å². The highest BCUT2D eigenvalue weighted by atomic mass is 15.4. The van der Waals surface area contributed by atoms with Crippen molar-refractivity contribution in [2.24, 2.45) is 5.92 Å². The number of hydrogen-bond donors (Lipinski definition) is 2. The van der Waals surface area contributed by atoms with Crippen LogP contribution in [0.3, 0.4) is 0 Å². The summed E-state index contributed by atoms with van der Waals surface area (Å²) in [4.78, 5) is 0. The number of hydrazine groups is 1. The fraction of sp³-hybridized carbons (Fsp3) is 1.00. The zero-order chi connectivity index (χ0) is 7.40. The molecule has 0 saturated carbocycles. The molecule has 1 atom stereocenters. The third-order valence-electron chi connectivity index (χ3n) is 1.92. The molecule has 0 radical (unpaired) electrons. The first-order valence-corrected chi connectivity index (χ1v) is 4.27. The van der Waals surface area contributed by atoms with Crippen LogP contribution in [0.25, 0.3) is 0 Å². The predicted molar refractivity (Wildman–Crippen MR) is 43.6 cm³/mol. The van der Waals surface area contributed by atoms with E-state index in [1.807, 2.05) is 0 Å².